The van der Waals surface area contributed by atoms with Crippen LogP contribution in [0.5, 0.6) is 5.75 Å². The molecule has 1 amide bonds. The largest absolute Gasteiger partial charge is 0.506 e. The Morgan fingerprint density at radius 3 is 2.64 bits per heavy atom. The third-order valence-electron chi connectivity index (χ3n) is 3.76. The lowest BCUT2D eigenvalue weighted by atomic mass is 10.2. The fraction of sp³-hybridized carbons (Fsp3) is 0.105. The minimum absolute atomic E-state index is 0.0258. The number of nitrogens with zero attached hydrogens (tertiary/aromatic N) is 2. The number of ether oxygens (including phenoxy) is 1. The van der Waals surface area contributed by atoms with Crippen molar-refractivity contribution in [2.75, 3.05) is 11.9 Å². The van der Waals surface area contributed by atoms with E-state index in [0.29, 0.717) is 6.07 Å². The van der Waals surface area contributed by atoms with Gasteiger partial charge in [-0.25, -0.2) is 18.3 Å². The molecular weight excluding hydrogens is 372 g/mol. The molecule has 144 valence electrons. The maximum Gasteiger partial charge on any atom is 0.338 e. The molecule has 0 unspecified atom stereocenters. The maximum absolute atomic E-state index is 13.8. The second-order valence-corrected chi connectivity index (χ2v) is 5.68. The molecule has 2 N–H and O–H groups in total. The summed E-state index contributed by atoms with van der Waals surface area (Å²) in [6, 6.07) is 6.89. The van der Waals surface area contributed by atoms with Gasteiger partial charge >= 0.3 is 5.97 Å². The Morgan fingerprint density at radius 2 is 1.96 bits per heavy atom. The molecule has 0 saturated heterocycles. The Labute approximate surface area is 158 Å². The van der Waals surface area contributed by atoms with Gasteiger partial charge in [-0.15, -0.1) is 0 Å². The topological polar surface area (TPSA) is 93.5 Å². The third-order valence-corrected chi connectivity index (χ3v) is 3.76. The molecule has 0 spiro atoms. The first-order valence-corrected chi connectivity index (χ1v) is 8.20. The zero-order valence-electron chi connectivity index (χ0n) is 14.6. The summed E-state index contributed by atoms with van der Waals surface area (Å²) in [6.07, 6.45) is 2.46. The van der Waals surface area contributed by atoms with Gasteiger partial charge in [0, 0.05) is 12.3 Å². The molecule has 3 rings (SSSR count). The highest BCUT2D eigenvalue weighted by atomic mass is 19.1. The van der Waals surface area contributed by atoms with Crippen molar-refractivity contribution >= 4 is 17.6 Å². The van der Waals surface area contributed by atoms with Crippen LogP contribution in [0.1, 0.15) is 27.6 Å². The highest BCUT2D eigenvalue weighted by Gasteiger charge is 2.15. The minimum Gasteiger partial charge on any atom is -0.506 e. The van der Waals surface area contributed by atoms with E-state index in [9.17, 15) is 23.5 Å². The van der Waals surface area contributed by atoms with E-state index in [-0.39, 0.29) is 34.9 Å². The van der Waals surface area contributed by atoms with Crippen LogP contribution in [0.25, 0.3) is 5.69 Å². The highest BCUT2D eigenvalue weighted by Crippen LogP contribution is 2.25. The molecule has 7 nitrogen and oxygen atoms in total. The standard InChI is InChI=1S/C19H15F2N3O4/c1-2-28-19(27)11-3-5-15(17(25)7-11)23-18(26)12-9-22-24(10-12)16-6-4-13(20)8-14(16)21/h3-10,25H,2H2,1H3,(H,23,26). The van der Waals surface area contributed by atoms with Gasteiger partial charge < -0.3 is 15.2 Å². The van der Waals surface area contributed by atoms with Crippen LogP contribution in [0.4, 0.5) is 14.5 Å². The zero-order valence-corrected chi connectivity index (χ0v) is 14.6. The Balaban J connectivity index is 1.77. The maximum atomic E-state index is 13.8. The number of phenols is 1. The van der Waals surface area contributed by atoms with Crippen LogP contribution in [-0.2, 0) is 4.74 Å². The van der Waals surface area contributed by atoms with E-state index in [1.807, 2.05) is 0 Å². The van der Waals surface area contributed by atoms with Crippen LogP contribution in [0.2, 0.25) is 0 Å². The number of halogens is 2. The molecular formula is C19H15F2N3O4. The van der Waals surface area contributed by atoms with Gasteiger partial charge in [0.25, 0.3) is 5.91 Å². The zero-order chi connectivity index (χ0) is 20.3. The first-order valence-electron chi connectivity index (χ1n) is 8.20. The molecule has 0 bridgehead atoms. The number of phenolic OH excluding ortho intramolecular Hbond substituents is 1. The Morgan fingerprint density at radius 1 is 1.18 bits per heavy atom. The summed E-state index contributed by atoms with van der Waals surface area (Å²) in [7, 11) is 0. The molecule has 0 aliphatic carbocycles. The molecule has 3 aromatic rings. The average molecular weight is 387 g/mol. The Hall–Kier alpha value is -3.75. The number of nitrogens with one attached hydrogen (secondary N) is 1. The molecule has 2 aromatic carbocycles. The number of hydrogen-bond acceptors (Lipinski definition) is 5. The van der Waals surface area contributed by atoms with Crippen molar-refractivity contribution in [1.82, 2.24) is 9.78 Å². The number of hydrogen-bond donors (Lipinski definition) is 2. The van der Waals surface area contributed by atoms with Gasteiger partial charge in [-0.2, -0.15) is 5.10 Å². The van der Waals surface area contributed by atoms with Crippen LogP contribution in [0.15, 0.2) is 48.8 Å². The number of esters is 1. The van der Waals surface area contributed by atoms with Crippen LogP contribution in [-0.4, -0.2) is 33.4 Å². The van der Waals surface area contributed by atoms with Crippen LogP contribution < -0.4 is 5.32 Å². The SMILES string of the molecule is CCOC(=O)c1ccc(NC(=O)c2cnn(-c3ccc(F)cc3F)c2)c(O)c1. The normalized spacial score (nSPS) is 10.5. The van der Waals surface area contributed by atoms with E-state index < -0.39 is 23.5 Å². The summed E-state index contributed by atoms with van der Waals surface area (Å²) in [5, 5.41) is 16.4. The van der Waals surface area contributed by atoms with E-state index in [4.69, 9.17) is 4.74 Å². The van der Waals surface area contributed by atoms with E-state index in [0.717, 1.165) is 10.7 Å². The predicted molar refractivity (Wildman–Crippen MR) is 95.5 cm³/mol. The molecule has 0 aliphatic rings. The van der Waals surface area contributed by atoms with E-state index in [1.54, 1.807) is 6.92 Å². The van der Waals surface area contributed by atoms with Gasteiger partial charge in [-0.1, -0.05) is 0 Å². The van der Waals surface area contributed by atoms with Crippen molar-refractivity contribution < 1.29 is 28.2 Å². The number of aromatic hydroxyl groups is 1. The quantitative estimate of drug-likeness (QED) is 0.518. The average Bonchev–Trinajstić information content (AvgIpc) is 3.13. The molecule has 1 heterocycles. The molecule has 0 saturated carbocycles. The van der Waals surface area contributed by atoms with Gasteiger partial charge in [0.15, 0.2) is 5.82 Å². The minimum atomic E-state index is -0.831. The first kappa shape index (κ1) is 19.0. The smallest absolute Gasteiger partial charge is 0.338 e. The molecule has 0 aliphatic heterocycles. The molecule has 0 radical (unpaired) electrons. The van der Waals surface area contributed by atoms with Crippen LogP contribution >= 0.6 is 0 Å². The van der Waals surface area contributed by atoms with Gasteiger partial charge in [-0.3, -0.25) is 4.79 Å². The number of aromatic nitrogens is 2. The number of carbonyl (C=O) groups is 2. The summed E-state index contributed by atoms with van der Waals surface area (Å²) in [6.45, 7) is 1.85. The molecule has 9 heteroatoms. The Kier molecular flexibility index (Phi) is 5.35. The second kappa shape index (κ2) is 7.87. The number of rotatable bonds is 5. The van der Waals surface area contributed by atoms with Crippen molar-refractivity contribution in [2.24, 2.45) is 0 Å². The first-order chi connectivity index (χ1) is 13.4. The lowest BCUT2D eigenvalue weighted by Gasteiger charge is -2.08. The van der Waals surface area contributed by atoms with E-state index in [1.165, 1.54) is 36.7 Å². The van der Waals surface area contributed by atoms with Crippen LogP contribution in [0.3, 0.4) is 0 Å². The number of anilines is 1. The predicted octanol–water partition coefficient (Wildman–Crippen LogP) is 3.29. The fourth-order valence-electron chi connectivity index (χ4n) is 2.41. The summed E-state index contributed by atoms with van der Waals surface area (Å²) in [5.41, 5.74) is 0.260. The third kappa shape index (κ3) is 3.98. The van der Waals surface area contributed by atoms with Crippen molar-refractivity contribution in [3.8, 4) is 11.4 Å². The summed E-state index contributed by atoms with van der Waals surface area (Å²) >= 11 is 0. The number of carbonyl (C=O) groups excluding carboxylic acids is 2. The highest BCUT2D eigenvalue weighted by molar-refractivity contribution is 6.05. The van der Waals surface area contributed by atoms with Crippen molar-refractivity contribution in [2.45, 2.75) is 6.92 Å². The molecule has 0 atom stereocenters. The van der Waals surface area contributed by atoms with Gasteiger partial charge in [0.2, 0.25) is 0 Å². The van der Waals surface area contributed by atoms with Crippen molar-refractivity contribution in [1.29, 1.82) is 0 Å². The van der Waals surface area contributed by atoms with E-state index >= 15 is 0 Å². The molecule has 0 fully saturated rings. The summed E-state index contributed by atoms with van der Waals surface area (Å²) in [5.74, 6) is -3.10. The van der Waals surface area contributed by atoms with Crippen molar-refractivity contribution in [3.05, 3.63) is 71.6 Å². The lowest BCUT2D eigenvalue weighted by molar-refractivity contribution is 0.0526. The van der Waals surface area contributed by atoms with Gasteiger partial charge in [0.05, 0.1) is 29.6 Å². The van der Waals surface area contributed by atoms with E-state index in [2.05, 4.69) is 10.4 Å². The lowest BCUT2D eigenvalue weighted by Crippen LogP contribution is -2.12. The van der Waals surface area contributed by atoms with Crippen molar-refractivity contribution in [3.63, 3.8) is 0 Å². The van der Waals surface area contributed by atoms with Gasteiger partial charge in [0.1, 0.15) is 17.3 Å². The molecule has 1 aromatic heterocycles. The fourth-order valence-corrected chi connectivity index (χ4v) is 2.41. The number of amides is 1. The molecule has 28 heavy (non-hydrogen) atoms. The monoisotopic (exact) mass is 387 g/mol. The summed E-state index contributed by atoms with van der Waals surface area (Å²) in [4.78, 5) is 24.0. The second-order valence-electron chi connectivity index (χ2n) is 5.68. The summed E-state index contributed by atoms with van der Waals surface area (Å²) < 4.78 is 32.8. The van der Waals surface area contributed by atoms with Gasteiger partial charge in [-0.05, 0) is 37.3 Å². The number of benzene rings is 2. The Bertz CT molecular complexity index is 1050. The van der Waals surface area contributed by atoms with Crippen LogP contribution in [0, 0.1) is 11.6 Å².